The van der Waals surface area contributed by atoms with Crippen molar-refractivity contribution in [3.05, 3.63) is 35.9 Å². The average molecular weight is 345 g/mol. The second-order valence-electron chi connectivity index (χ2n) is 6.18. The third-order valence-corrected chi connectivity index (χ3v) is 4.51. The van der Waals surface area contributed by atoms with Gasteiger partial charge in [0.1, 0.15) is 11.5 Å². The van der Waals surface area contributed by atoms with E-state index in [0.717, 1.165) is 0 Å². The number of rotatable bonds is 5. The molecule has 2 aliphatic heterocycles. The maximum absolute atomic E-state index is 12.5. The van der Waals surface area contributed by atoms with Crippen LogP contribution in [0.4, 0.5) is 0 Å². The van der Waals surface area contributed by atoms with Crippen molar-refractivity contribution in [2.24, 2.45) is 0 Å². The fourth-order valence-corrected chi connectivity index (χ4v) is 3.12. The number of hydrogen-bond donors (Lipinski definition) is 2. The maximum atomic E-state index is 12.5. The second-order valence-corrected chi connectivity index (χ2v) is 6.18. The molecule has 1 saturated heterocycles. The topological polar surface area (TPSA) is 79.9 Å². The maximum Gasteiger partial charge on any atom is 0.251 e. The third-order valence-electron chi connectivity index (χ3n) is 4.51. The minimum atomic E-state index is -0.245. The Morgan fingerprint density at radius 1 is 1.12 bits per heavy atom. The van der Waals surface area contributed by atoms with Gasteiger partial charge in [-0.15, -0.1) is 0 Å². The van der Waals surface area contributed by atoms with E-state index in [0.29, 0.717) is 43.1 Å². The summed E-state index contributed by atoms with van der Waals surface area (Å²) >= 11 is 0. The first kappa shape index (κ1) is 17.3. The largest absolute Gasteiger partial charge is 0.497 e. The number of nitrogens with one attached hydrogen (secondary N) is 2. The Balaban J connectivity index is 1.59. The quantitative estimate of drug-likeness (QED) is 0.763. The molecule has 2 heterocycles. The fourth-order valence-electron chi connectivity index (χ4n) is 3.12. The van der Waals surface area contributed by atoms with E-state index in [9.17, 15) is 9.59 Å². The molecule has 7 heteroatoms. The van der Waals surface area contributed by atoms with Gasteiger partial charge in [-0.3, -0.25) is 9.59 Å². The van der Waals surface area contributed by atoms with E-state index in [4.69, 9.17) is 9.47 Å². The van der Waals surface area contributed by atoms with Crippen LogP contribution in [-0.4, -0.2) is 62.7 Å². The molecule has 3 rings (SSSR count). The van der Waals surface area contributed by atoms with Gasteiger partial charge >= 0.3 is 0 Å². The first-order chi connectivity index (χ1) is 12.1. The molecule has 0 saturated carbocycles. The van der Waals surface area contributed by atoms with Crippen molar-refractivity contribution in [3.8, 4) is 11.5 Å². The summed E-state index contributed by atoms with van der Waals surface area (Å²) in [6.07, 6.45) is 4.56. The summed E-state index contributed by atoms with van der Waals surface area (Å²) in [6.45, 7) is 1.90. The molecular weight excluding hydrogens is 322 g/mol. The molecule has 2 N–H and O–H groups in total. The van der Waals surface area contributed by atoms with Gasteiger partial charge in [0.15, 0.2) is 0 Å². The predicted octanol–water partition coefficient (Wildman–Crippen LogP) is 0.563. The minimum Gasteiger partial charge on any atom is -0.497 e. The van der Waals surface area contributed by atoms with Crippen LogP contribution in [0.1, 0.15) is 16.8 Å². The molecular formula is C18H23N3O4. The Labute approximate surface area is 147 Å². The van der Waals surface area contributed by atoms with Crippen LogP contribution in [0.2, 0.25) is 0 Å². The monoisotopic (exact) mass is 345 g/mol. The first-order valence-corrected chi connectivity index (χ1v) is 8.32. The van der Waals surface area contributed by atoms with Crippen molar-refractivity contribution < 1.29 is 19.1 Å². The summed E-state index contributed by atoms with van der Waals surface area (Å²) in [6, 6.07) is 4.71. The summed E-state index contributed by atoms with van der Waals surface area (Å²) in [7, 11) is 3.08. The van der Waals surface area contributed by atoms with Crippen LogP contribution in [0, 0.1) is 0 Å². The van der Waals surface area contributed by atoms with Crippen LogP contribution in [-0.2, 0) is 4.79 Å². The van der Waals surface area contributed by atoms with Gasteiger partial charge in [-0.2, -0.15) is 0 Å². The number of carbonyl (C=O) groups excluding carboxylic acids is 2. The molecule has 1 aromatic carbocycles. The van der Waals surface area contributed by atoms with E-state index in [2.05, 4.69) is 10.6 Å². The molecule has 134 valence electrons. The van der Waals surface area contributed by atoms with Crippen LogP contribution < -0.4 is 20.1 Å². The lowest BCUT2D eigenvalue weighted by molar-refractivity contribution is -0.131. The average Bonchev–Trinajstić information content (AvgIpc) is 3.32. The Morgan fingerprint density at radius 2 is 1.76 bits per heavy atom. The van der Waals surface area contributed by atoms with Gasteiger partial charge in [-0.05, 0) is 18.6 Å². The normalized spacial score (nSPS) is 22.1. The third kappa shape index (κ3) is 3.93. The van der Waals surface area contributed by atoms with Crippen molar-refractivity contribution in [2.75, 3.05) is 33.9 Å². The molecule has 0 spiro atoms. The van der Waals surface area contributed by atoms with E-state index < -0.39 is 0 Å². The zero-order valence-corrected chi connectivity index (χ0v) is 14.5. The van der Waals surface area contributed by atoms with Crippen molar-refractivity contribution in [2.45, 2.75) is 18.5 Å². The molecule has 0 aromatic heterocycles. The van der Waals surface area contributed by atoms with E-state index in [-0.39, 0.29) is 23.9 Å². The van der Waals surface area contributed by atoms with E-state index in [1.807, 2.05) is 12.2 Å². The van der Waals surface area contributed by atoms with Gasteiger partial charge in [0.2, 0.25) is 5.91 Å². The highest BCUT2D eigenvalue weighted by atomic mass is 16.5. The fraction of sp³-hybridized carbons (Fsp3) is 0.444. The Morgan fingerprint density at radius 3 is 2.36 bits per heavy atom. The lowest BCUT2D eigenvalue weighted by atomic mass is 10.1. The van der Waals surface area contributed by atoms with Crippen LogP contribution in [0.3, 0.4) is 0 Å². The van der Waals surface area contributed by atoms with Gasteiger partial charge < -0.3 is 25.0 Å². The minimum absolute atomic E-state index is 0.0878. The van der Waals surface area contributed by atoms with Crippen molar-refractivity contribution in [1.29, 1.82) is 0 Å². The molecule has 25 heavy (non-hydrogen) atoms. The Kier molecular flexibility index (Phi) is 5.23. The zero-order valence-electron chi connectivity index (χ0n) is 14.5. The number of carbonyl (C=O) groups is 2. The Hall–Kier alpha value is -2.54. The predicted molar refractivity (Wildman–Crippen MR) is 92.9 cm³/mol. The van der Waals surface area contributed by atoms with E-state index >= 15 is 0 Å². The second kappa shape index (κ2) is 7.57. The van der Waals surface area contributed by atoms with Crippen molar-refractivity contribution >= 4 is 11.8 Å². The van der Waals surface area contributed by atoms with Crippen LogP contribution >= 0.6 is 0 Å². The van der Waals surface area contributed by atoms with Gasteiger partial charge in [0.25, 0.3) is 5.91 Å². The number of methoxy groups -OCH3 is 2. The molecule has 1 fully saturated rings. The molecule has 0 aliphatic carbocycles. The summed E-state index contributed by atoms with van der Waals surface area (Å²) in [5.74, 6) is 0.997. The molecule has 0 bridgehead atoms. The highest BCUT2D eigenvalue weighted by Crippen LogP contribution is 2.23. The van der Waals surface area contributed by atoms with Crippen LogP contribution in [0.15, 0.2) is 30.4 Å². The molecule has 0 radical (unpaired) electrons. The van der Waals surface area contributed by atoms with E-state index in [1.54, 1.807) is 37.3 Å². The van der Waals surface area contributed by atoms with E-state index in [1.165, 1.54) is 0 Å². The SMILES string of the molecule is COc1cc(OC)cc(C(=O)N[C@H]2CN[C@H](C(=O)N3CC=CC3)C2)c1. The number of nitrogens with zero attached hydrogens (tertiary/aromatic N) is 1. The zero-order chi connectivity index (χ0) is 17.8. The summed E-state index contributed by atoms with van der Waals surface area (Å²) in [5, 5.41) is 6.18. The van der Waals surface area contributed by atoms with Gasteiger partial charge in [0.05, 0.1) is 20.3 Å². The van der Waals surface area contributed by atoms with Crippen molar-refractivity contribution in [1.82, 2.24) is 15.5 Å². The number of amides is 2. The molecule has 2 atom stereocenters. The molecule has 2 aliphatic rings. The number of hydrogen-bond acceptors (Lipinski definition) is 5. The highest BCUT2D eigenvalue weighted by molar-refractivity contribution is 5.95. The lowest BCUT2D eigenvalue weighted by Gasteiger charge is -2.20. The summed E-state index contributed by atoms with van der Waals surface area (Å²) in [4.78, 5) is 26.7. The Bertz CT molecular complexity index is 659. The first-order valence-electron chi connectivity index (χ1n) is 8.32. The highest BCUT2D eigenvalue weighted by Gasteiger charge is 2.33. The summed E-state index contributed by atoms with van der Waals surface area (Å²) < 4.78 is 10.4. The number of ether oxygens (including phenoxy) is 2. The molecule has 1 aromatic rings. The van der Waals surface area contributed by atoms with Gasteiger partial charge in [-0.1, -0.05) is 12.2 Å². The van der Waals surface area contributed by atoms with Gasteiger partial charge in [-0.25, -0.2) is 0 Å². The smallest absolute Gasteiger partial charge is 0.251 e. The molecule has 2 amide bonds. The lowest BCUT2D eigenvalue weighted by Crippen LogP contribution is -2.42. The standard InChI is InChI=1S/C18H23N3O4/c1-24-14-7-12(8-15(10-14)25-2)17(22)20-13-9-16(19-11-13)18(23)21-5-3-4-6-21/h3-4,7-8,10,13,16,19H,5-6,9,11H2,1-2H3,(H,20,22)/t13-,16+/m1/s1. The van der Waals surface area contributed by atoms with Crippen molar-refractivity contribution in [3.63, 3.8) is 0 Å². The molecule has 0 unspecified atom stereocenters. The number of benzene rings is 1. The van der Waals surface area contributed by atoms with Gasteiger partial charge in [0, 0.05) is 37.3 Å². The summed E-state index contributed by atoms with van der Waals surface area (Å²) in [5.41, 5.74) is 0.467. The molecule has 7 nitrogen and oxygen atoms in total. The van der Waals surface area contributed by atoms with Crippen LogP contribution in [0.25, 0.3) is 0 Å². The van der Waals surface area contributed by atoms with Crippen LogP contribution in [0.5, 0.6) is 11.5 Å².